The molecule has 1 amide bonds. The number of nitrogens with two attached hydrogens (primary N) is 1. The molecule has 0 aliphatic heterocycles. The number of nitrogens with one attached hydrogen (secondary N) is 1. The molecule has 1 aliphatic rings. The third-order valence-electron chi connectivity index (χ3n) is 5.11. The molecule has 1 fully saturated rings. The average Bonchev–Trinajstić information content (AvgIpc) is 2.81. The Kier molecular flexibility index (Phi) is 10.4. The quantitative estimate of drug-likeness (QED) is 0.416. The van der Waals surface area contributed by atoms with E-state index in [1.165, 1.54) is 27.1 Å². The van der Waals surface area contributed by atoms with E-state index in [1.807, 2.05) is 6.08 Å². The van der Waals surface area contributed by atoms with Crippen molar-refractivity contribution in [3.63, 3.8) is 0 Å². The number of hydrogen-bond acceptors (Lipinski definition) is 7. The van der Waals surface area contributed by atoms with E-state index in [9.17, 15) is 0 Å². The first kappa shape index (κ1) is 25.5. The van der Waals surface area contributed by atoms with Crippen LogP contribution in [0, 0.1) is 5.92 Å². The molecule has 2 aromatic rings. The molecule has 1 aliphatic carbocycles. The molecule has 0 spiro atoms. The van der Waals surface area contributed by atoms with E-state index >= 15 is 0 Å². The number of anilines is 1. The molecule has 174 valence electrons. The van der Waals surface area contributed by atoms with Crippen molar-refractivity contribution < 1.29 is 19.0 Å². The molecular weight excluding hydrogens is 455 g/mol. The first-order valence-electron chi connectivity index (χ1n) is 10.1. The topological polar surface area (TPSA) is 109 Å². The Balaban J connectivity index is 0.00000114. The number of primary amides is 1. The van der Waals surface area contributed by atoms with Gasteiger partial charge in [0.15, 0.2) is 5.75 Å². The third-order valence-corrected chi connectivity index (χ3v) is 5.94. The summed E-state index contributed by atoms with van der Waals surface area (Å²) in [6.45, 7) is 4.07. The number of carbonyl (C=O) groups is 1. The second-order valence-electron chi connectivity index (χ2n) is 6.99. The third kappa shape index (κ3) is 6.64. The zero-order valence-electron chi connectivity index (χ0n) is 18.1. The Bertz CT molecular complexity index is 868. The SMILES string of the molecule is C=CC1CCCCC1Nc1ncc(OCc2c(Cl)c(OC)cc(OC)c2Cl)cn1.NC=O. The molecule has 2 unspecified atom stereocenters. The normalized spacial score (nSPS) is 17.4. The summed E-state index contributed by atoms with van der Waals surface area (Å²) in [4.78, 5) is 17.3. The predicted octanol–water partition coefficient (Wildman–Crippen LogP) is 4.64. The molecule has 32 heavy (non-hydrogen) atoms. The van der Waals surface area contributed by atoms with Gasteiger partial charge in [-0.3, -0.25) is 4.79 Å². The van der Waals surface area contributed by atoms with Crippen LogP contribution in [-0.4, -0.2) is 36.6 Å². The van der Waals surface area contributed by atoms with Crippen LogP contribution < -0.4 is 25.3 Å². The summed E-state index contributed by atoms with van der Waals surface area (Å²) in [5, 5.41) is 4.17. The lowest BCUT2D eigenvalue weighted by molar-refractivity contribution is -0.106. The molecule has 1 heterocycles. The van der Waals surface area contributed by atoms with Crippen LogP contribution in [0.5, 0.6) is 17.2 Å². The molecule has 1 aromatic heterocycles. The number of rotatable bonds is 8. The van der Waals surface area contributed by atoms with Crippen LogP contribution in [0.2, 0.25) is 10.0 Å². The maximum absolute atomic E-state index is 8.58. The Labute approximate surface area is 198 Å². The van der Waals surface area contributed by atoms with E-state index in [1.54, 1.807) is 18.5 Å². The Morgan fingerprint density at radius 1 is 1.16 bits per heavy atom. The number of methoxy groups -OCH3 is 2. The van der Waals surface area contributed by atoms with Crippen LogP contribution in [0.25, 0.3) is 0 Å². The van der Waals surface area contributed by atoms with Gasteiger partial charge in [0, 0.05) is 17.7 Å². The Morgan fingerprint density at radius 2 is 1.72 bits per heavy atom. The highest BCUT2D eigenvalue weighted by molar-refractivity contribution is 6.37. The minimum atomic E-state index is 0.128. The minimum Gasteiger partial charge on any atom is -0.495 e. The average molecular weight is 483 g/mol. The smallest absolute Gasteiger partial charge is 0.223 e. The molecule has 10 heteroatoms. The fraction of sp³-hybridized carbons (Fsp3) is 0.409. The first-order valence-corrected chi connectivity index (χ1v) is 10.8. The summed E-state index contributed by atoms with van der Waals surface area (Å²) < 4.78 is 16.3. The number of halogens is 2. The second kappa shape index (κ2) is 13.0. The molecule has 8 nitrogen and oxygen atoms in total. The van der Waals surface area contributed by atoms with Crippen LogP contribution in [0.15, 0.2) is 31.1 Å². The predicted molar refractivity (Wildman–Crippen MR) is 126 cm³/mol. The number of benzene rings is 1. The largest absolute Gasteiger partial charge is 0.495 e. The fourth-order valence-electron chi connectivity index (χ4n) is 3.47. The molecule has 2 atom stereocenters. The number of nitrogens with zero attached hydrogens (tertiary/aromatic N) is 2. The van der Waals surface area contributed by atoms with E-state index in [4.69, 9.17) is 42.2 Å². The van der Waals surface area contributed by atoms with Gasteiger partial charge in [-0.15, -0.1) is 6.58 Å². The van der Waals surface area contributed by atoms with Crippen molar-refractivity contribution in [2.75, 3.05) is 19.5 Å². The second-order valence-corrected chi connectivity index (χ2v) is 7.75. The summed E-state index contributed by atoms with van der Waals surface area (Å²) in [5.74, 6) is 2.46. The van der Waals surface area contributed by atoms with Crippen LogP contribution in [0.1, 0.15) is 31.2 Å². The summed E-state index contributed by atoms with van der Waals surface area (Å²) in [6, 6.07) is 1.95. The molecule has 1 saturated carbocycles. The summed E-state index contributed by atoms with van der Waals surface area (Å²) in [6.07, 6.45) is 10.2. The first-order chi connectivity index (χ1) is 15.5. The van der Waals surface area contributed by atoms with Gasteiger partial charge in [-0.25, -0.2) is 9.97 Å². The van der Waals surface area contributed by atoms with Gasteiger partial charge < -0.3 is 25.3 Å². The van der Waals surface area contributed by atoms with Gasteiger partial charge in [-0.1, -0.05) is 42.1 Å². The van der Waals surface area contributed by atoms with Gasteiger partial charge in [0.2, 0.25) is 12.4 Å². The van der Waals surface area contributed by atoms with Crippen LogP contribution in [0.3, 0.4) is 0 Å². The number of carbonyl (C=O) groups excluding carboxylic acids is 1. The van der Waals surface area contributed by atoms with Crippen LogP contribution >= 0.6 is 23.2 Å². The van der Waals surface area contributed by atoms with E-state index in [2.05, 4.69) is 27.6 Å². The van der Waals surface area contributed by atoms with E-state index in [-0.39, 0.29) is 13.0 Å². The highest BCUT2D eigenvalue weighted by Crippen LogP contribution is 2.40. The Morgan fingerprint density at radius 3 is 2.25 bits per heavy atom. The van der Waals surface area contributed by atoms with Gasteiger partial charge in [0.05, 0.1) is 36.7 Å². The highest BCUT2D eigenvalue weighted by atomic mass is 35.5. The van der Waals surface area contributed by atoms with Crippen LogP contribution in [0.4, 0.5) is 5.95 Å². The maximum atomic E-state index is 8.58. The lowest BCUT2D eigenvalue weighted by Crippen LogP contribution is -2.31. The number of aromatic nitrogens is 2. The molecule has 0 radical (unpaired) electrons. The molecule has 3 N–H and O–H groups in total. The highest BCUT2D eigenvalue weighted by Gasteiger charge is 2.23. The van der Waals surface area contributed by atoms with Gasteiger partial charge >= 0.3 is 0 Å². The summed E-state index contributed by atoms with van der Waals surface area (Å²) >= 11 is 12.8. The van der Waals surface area contributed by atoms with E-state index in [0.29, 0.717) is 50.8 Å². The van der Waals surface area contributed by atoms with Gasteiger partial charge in [0.25, 0.3) is 0 Å². The molecule has 0 bridgehead atoms. The number of hydrogen-bond donors (Lipinski definition) is 2. The van der Waals surface area contributed by atoms with Gasteiger partial charge in [0.1, 0.15) is 18.1 Å². The van der Waals surface area contributed by atoms with Crippen molar-refractivity contribution in [3.05, 3.63) is 46.7 Å². The summed E-state index contributed by atoms with van der Waals surface area (Å²) in [5.41, 5.74) is 4.74. The van der Waals surface area contributed by atoms with E-state index in [0.717, 1.165) is 12.8 Å². The molecule has 0 saturated heterocycles. The number of amides is 1. The standard InChI is InChI=1S/C21H25Cl2N3O3.CH3NO/c1-4-13-7-5-6-8-16(13)26-21-24-10-14(11-25-21)29-12-15-19(22)17(27-2)9-18(28-3)20(15)23;2-1-3/h4,9-11,13,16H,1,5-8,12H2,2-3H3,(H,24,25,26);1H,(H2,2,3). The lowest BCUT2D eigenvalue weighted by Gasteiger charge is -2.29. The minimum absolute atomic E-state index is 0.128. The van der Waals surface area contributed by atoms with Gasteiger partial charge in [-0.2, -0.15) is 0 Å². The molecule has 3 rings (SSSR count). The van der Waals surface area contributed by atoms with Crippen molar-refractivity contribution in [1.82, 2.24) is 9.97 Å². The fourth-order valence-corrected chi connectivity index (χ4v) is 4.08. The van der Waals surface area contributed by atoms with Gasteiger partial charge in [-0.05, 0) is 18.8 Å². The maximum Gasteiger partial charge on any atom is 0.223 e. The van der Waals surface area contributed by atoms with Crippen LogP contribution in [-0.2, 0) is 11.4 Å². The molecule has 1 aromatic carbocycles. The number of ether oxygens (including phenoxy) is 3. The Hall–Kier alpha value is -2.71. The zero-order valence-corrected chi connectivity index (χ0v) is 19.7. The van der Waals surface area contributed by atoms with Crippen molar-refractivity contribution in [3.8, 4) is 17.2 Å². The summed E-state index contributed by atoms with van der Waals surface area (Å²) in [7, 11) is 3.06. The van der Waals surface area contributed by atoms with Crippen molar-refractivity contribution in [2.45, 2.75) is 38.3 Å². The van der Waals surface area contributed by atoms with Crippen molar-refractivity contribution in [1.29, 1.82) is 0 Å². The van der Waals surface area contributed by atoms with Crippen molar-refractivity contribution >= 4 is 35.6 Å². The lowest BCUT2D eigenvalue weighted by atomic mass is 9.85. The van der Waals surface area contributed by atoms with Crippen molar-refractivity contribution in [2.24, 2.45) is 11.7 Å². The van der Waals surface area contributed by atoms with E-state index < -0.39 is 0 Å². The monoisotopic (exact) mass is 482 g/mol. The zero-order chi connectivity index (χ0) is 23.5. The molecular formula is C22H28Cl2N4O4.